The Morgan fingerprint density at radius 1 is 1.32 bits per heavy atom. The number of halogens is 1. The fourth-order valence-electron chi connectivity index (χ4n) is 1.90. The number of hydrogen-bond acceptors (Lipinski definition) is 3. The summed E-state index contributed by atoms with van der Waals surface area (Å²) in [4.78, 5) is 11.6. The van der Waals surface area contributed by atoms with Gasteiger partial charge in [0.1, 0.15) is 5.82 Å². The first-order chi connectivity index (χ1) is 8.94. The Morgan fingerprint density at radius 3 is 2.58 bits per heavy atom. The number of sulfone groups is 1. The molecule has 1 saturated heterocycles. The second-order valence-corrected chi connectivity index (χ2v) is 6.72. The number of carbonyl (C=O) groups excluding carboxylic acids is 1. The topological polar surface area (TPSA) is 63.2 Å². The minimum absolute atomic E-state index is 0.00310. The molecule has 102 valence electrons. The molecule has 0 aliphatic carbocycles. The van der Waals surface area contributed by atoms with Crippen LogP contribution in [0.15, 0.2) is 30.3 Å². The lowest BCUT2D eigenvalue weighted by Gasteiger charge is -2.07. The lowest BCUT2D eigenvalue weighted by atomic mass is 10.2. The van der Waals surface area contributed by atoms with Crippen LogP contribution in [-0.2, 0) is 14.6 Å². The van der Waals surface area contributed by atoms with Crippen LogP contribution in [0, 0.1) is 5.82 Å². The van der Waals surface area contributed by atoms with E-state index in [4.69, 9.17) is 0 Å². The Bertz CT molecular complexity index is 593. The monoisotopic (exact) mass is 283 g/mol. The number of rotatable bonds is 3. The van der Waals surface area contributed by atoms with E-state index in [1.165, 1.54) is 18.2 Å². The van der Waals surface area contributed by atoms with Crippen LogP contribution in [0.2, 0.25) is 0 Å². The molecule has 1 unspecified atom stereocenters. The molecule has 1 aromatic carbocycles. The van der Waals surface area contributed by atoms with Gasteiger partial charge in [0.25, 0.3) is 0 Å². The van der Waals surface area contributed by atoms with Gasteiger partial charge in [0.05, 0.1) is 11.5 Å². The van der Waals surface area contributed by atoms with Crippen molar-refractivity contribution in [1.82, 2.24) is 5.32 Å². The highest BCUT2D eigenvalue weighted by atomic mass is 32.2. The first-order valence-electron chi connectivity index (χ1n) is 5.89. The third-order valence-corrected chi connectivity index (χ3v) is 4.64. The number of hydrogen-bond donors (Lipinski definition) is 1. The van der Waals surface area contributed by atoms with Gasteiger partial charge in [-0.2, -0.15) is 0 Å². The van der Waals surface area contributed by atoms with Crippen molar-refractivity contribution in [3.63, 3.8) is 0 Å². The molecule has 0 radical (unpaired) electrons. The molecule has 2 rings (SSSR count). The van der Waals surface area contributed by atoms with Gasteiger partial charge in [-0.15, -0.1) is 0 Å². The van der Waals surface area contributed by atoms with Crippen molar-refractivity contribution >= 4 is 21.8 Å². The third kappa shape index (κ3) is 4.17. The van der Waals surface area contributed by atoms with Gasteiger partial charge in [-0.1, -0.05) is 12.1 Å². The fraction of sp³-hybridized carbons (Fsp3) is 0.308. The van der Waals surface area contributed by atoms with Crippen LogP contribution in [0.3, 0.4) is 0 Å². The molecule has 1 aliphatic heterocycles. The highest BCUT2D eigenvalue weighted by Crippen LogP contribution is 2.11. The average Bonchev–Trinajstić information content (AvgIpc) is 2.68. The maximum absolute atomic E-state index is 12.7. The van der Waals surface area contributed by atoms with Crippen molar-refractivity contribution in [1.29, 1.82) is 0 Å². The summed E-state index contributed by atoms with van der Waals surface area (Å²) in [5, 5.41) is 2.64. The summed E-state index contributed by atoms with van der Waals surface area (Å²) in [6.07, 6.45) is 3.33. The van der Waals surface area contributed by atoms with E-state index in [2.05, 4.69) is 5.32 Å². The van der Waals surface area contributed by atoms with Crippen molar-refractivity contribution in [2.45, 2.75) is 12.5 Å². The second-order valence-electron chi connectivity index (χ2n) is 4.49. The summed E-state index contributed by atoms with van der Waals surface area (Å²) >= 11 is 0. The SMILES string of the molecule is O=C(/C=C/c1ccc(F)cc1)NC1CCS(=O)(=O)C1. The highest BCUT2D eigenvalue weighted by Gasteiger charge is 2.28. The van der Waals surface area contributed by atoms with E-state index in [1.54, 1.807) is 18.2 Å². The summed E-state index contributed by atoms with van der Waals surface area (Å²) in [7, 11) is -2.99. The maximum atomic E-state index is 12.7. The second kappa shape index (κ2) is 5.52. The number of benzene rings is 1. The van der Waals surface area contributed by atoms with Crippen molar-refractivity contribution < 1.29 is 17.6 Å². The van der Waals surface area contributed by atoms with Crippen molar-refractivity contribution in [3.05, 3.63) is 41.7 Å². The van der Waals surface area contributed by atoms with E-state index in [9.17, 15) is 17.6 Å². The summed E-state index contributed by atoms with van der Waals surface area (Å²) in [5.74, 6) is -0.549. The van der Waals surface area contributed by atoms with Gasteiger partial charge < -0.3 is 5.32 Å². The molecule has 1 amide bonds. The Labute approximate surface area is 111 Å². The van der Waals surface area contributed by atoms with Crippen LogP contribution < -0.4 is 5.32 Å². The largest absolute Gasteiger partial charge is 0.349 e. The quantitative estimate of drug-likeness (QED) is 0.846. The highest BCUT2D eigenvalue weighted by molar-refractivity contribution is 7.91. The van der Waals surface area contributed by atoms with Gasteiger partial charge in [-0.05, 0) is 30.2 Å². The van der Waals surface area contributed by atoms with E-state index in [-0.39, 0.29) is 29.3 Å². The van der Waals surface area contributed by atoms with E-state index < -0.39 is 9.84 Å². The first kappa shape index (κ1) is 13.7. The van der Waals surface area contributed by atoms with E-state index in [0.717, 1.165) is 0 Å². The lowest BCUT2D eigenvalue weighted by molar-refractivity contribution is -0.116. The van der Waals surface area contributed by atoms with Crippen molar-refractivity contribution in [3.8, 4) is 0 Å². The minimum atomic E-state index is -2.99. The van der Waals surface area contributed by atoms with Gasteiger partial charge in [0.15, 0.2) is 9.84 Å². The lowest BCUT2D eigenvalue weighted by Crippen LogP contribution is -2.34. The van der Waals surface area contributed by atoms with Gasteiger partial charge in [-0.25, -0.2) is 12.8 Å². The number of amides is 1. The molecular weight excluding hydrogens is 269 g/mol. The smallest absolute Gasteiger partial charge is 0.244 e. The maximum Gasteiger partial charge on any atom is 0.244 e. The van der Waals surface area contributed by atoms with E-state index in [0.29, 0.717) is 12.0 Å². The van der Waals surface area contributed by atoms with E-state index in [1.807, 2.05) is 0 Å². The van der Waals surface area contributed by atoms with Gasteiger partial charge in [-0.3, -0.25) is 4.79 Å². The molecule has 0 bridgehead atoms. The van der Waals surface area contributed by atoms with Crippen LogP contribution in [0.25, 0.3) is 6.08 Å². The fourth-order valence-corrected chi connectivity index (χ4v) is 3.58. The molecule has 0 spiro atoms. The Balaban J connectivity index is 1.89. The number of carbonyl (C=O) groups is 1. The zero-order chi connectivity index (χ0) is 13.9. The van der Waals surface area contributed by atoms with Crippen LogP contribution in [0.1, 0.15) is 12.0 Å². The molecule has 19 heavy (non-hydrogen) atoms. The average molecular weight is 283 g/mol. The molecule has 0 aromatic heterocycles. The molecule has 1 heterocycles. The Hall–Kier alpha value is -1.69. The standard InChI is InChI=1S/C13H14FNO3S/c14-11-4-1-10(2-5-11)3-6-13(16)15-12-7-8-19(17,18)9-12/h1-6,12H,7-9H2,(H,15,16)/b6-3+. The normalized spacial score (nSPS) is 21.6. The van der Waals surface area contributed by atoms with Gasteiger partial charge in [0.2, 0.25) is 5.91 Å². The molecule has 1 fully saturated rings. The molecule has 6 heteroatoms. The summed E-state index contributed by atoms with van der Waals surface area (Å²) in [6, 6.07) is 5.41. The minimum Gasteiger partial charge on any atom is -0.349 e. The first-order valence-corrected chi connectivity index (χ1v) is 7.71. The predicted octanol–water partition coefficient (Wildman–Crippen LogP) is 1.14. The van der Waals surface area contributed by atoms with Gasteiger partial charge in [0, 0.05) is 12.1 Å². The number of nitrogens with one attached hydrogen (secondary N) is 1. The molecule has 1 aromatic rings. The zero-order valence-corrected chi connectivity index (χ0v) is 11.0. The Kier molecular flexibility index (Phi) is 3.99. The molecule has 0 saturated carbocycles. The predicted molar refractivity (Wildman–Crippen MR) is 70.6 cm³/mol. The molecular formula is C13H14FNO3S. The Morgan fingerprint density at radius 2 is 2.00 bits per heavy atom. The molecule has 4 nitrogen and oxygen atoms in total. The zero-order valence-electron chi connectivity index (χ0n) is 10.2. The van der Waals surface area contributed by atoms with Crippen LogP contribution >= 0.6 is 0 Å². The summed E-state index contributed by atoms with van der Waals surface area (Å²) < 4.78 is 35.1. The van der Waals surface area contributed by atoms with Crippen LogP contribution in [0.4, 0.5) is 4.39 Å². The summed E-state index contributed by atoms with van der Waals surface area (Å²) in [5.41, 5.74) is 0.704. The molecule has 1 N–H and O–H groups in total. The van der Waals surface area contributed by atoms with Crippen LogP contribution in [0.5, 0.6) is 0 Å². The van der Waals surface area contributed by atoms with Gasteiger partial charge >= 0.3 is 0 Å². The third-order valence-electron chi connectivity index (χ3n) is 2.88. The molecule has 1 atom stereocenters. The van der Waals surface area contributed by atoms with Crippen molar-refractivity contribution in [2.24, 2.45) is 0 Å². The van der Waals surface area contributed by atoms with Crippen molar-refractivity contribution in [2.75, 3.05) is 11.5 Å². The van der Waals surface area contributed by atoms with E-state index >= 15 is 0 Å². The van der Waals surface area contributed by atoms with Crippen LogP contribution in [-0.4, -0.2) is 31.9 Å². The summed E-state index contributed by atoms with van der Waals surface area (Å²) in [6.45, 7) is 0. The molecule has 1 aliphatic rings.